The second-order valence-electron chi connectivity index (χ2n) is 6.69. The lowest BCUT2D eigenvalue weighted by molar-refractivity contribution is 0.126. The number of rotatable bonds is 4. The molecule has 1 heterocycles. The topological polar surface area (TPSA) is 32.5 Å². The van der Waals surface area contributed by atoms with Crippen LogP contribution in [0.4, 0.5) is 0 Å². The minimum atomic E-state index is 0.326. The van der Waals surface area contributed by atoms with E-state index in [-0.39, 0.29) is 0 Å². The second-order valence-corrected chi connectivity index (χ2v) is 6.69. The number of nitrogens with two attached hydrogens (primary N) is 1. The van der Waals surface area contributed by atoms with Gasteiger partial charge in [0, 0.05) is 31.7 Å². The van der Waals surface area contributed by atoms with Gasteiger partial charge >= 0.3 is 0 Å². The summed E-state index contributed by atoms with van der Waals surface area (Å²) in [4.78, 5) is 4.86. The highest BCUT2D eigenvalue weighted by molar-refractivity contribution is 5.41. The highest BCUT2D eigenvalue weighted by Crippen LogP contribution is 2.38. The van der Waals surface area contributed by atoms with Crippen molar-refractivity contribution in [3.63, 3.8) is 0 Å². The predicted octanol–water partition coefficient (Wildman–Crippen LogP) is 3.11. The van der Waals surface area contributed by atoms with E-state index in [0.29, 0.717) is 18.6 Å². The lowest BCUT2D eigenvalue weighted by Crippen LogP contribution is -2.43. The maximum atomic E-state index is 6.07. The van der Waals surface area contributed by atoms with E-state index < -0.39 is 0 Å². The maximum Gasteiger partial charge on any atom is 0.0479 e. The van der Waals surface area contributed by atoms with Crippen LogP contribution in [0, 0.1) is 6.92 Å². The third-order valence-electron chi connectivity index (χ3n) is 5.07. The van der Waals surface area contributed by atoms with Gasteiger partial charge in [-0.3, -0.25) is 9.80 Å². The van der Waals surface area contributed by atoms with Gasteiger partial charge in [0.2, 0.25) is 0 Å². The molecule has 0 amide bonds. The molecule has 0 saturated heterocycles. The Kier molecular flexibility index (Phi) is 4.81. The van der Waals surface area contributed by atoms with E-state index in [1.807, 2.05) is 0 Å². The van der Waals surface area contributed by atoms with Crippen molar-refractivity contribution >= 4 is 0 Å². The summed E-state index contributed by atoms with van der Waals surface area (Å²) in [6.07, 6.45) is 0. The number of benzene rings is 2. The quantitative estimate of drug-likeness (QED) is 0.942. The first kappa shape index (κ1) is 16.2. The third kappa shape index (κ3) is 3.18. The normalized spacial score (nSPS) is 21.4. The molecule has 0 spiro atoms. The molecule has 1 aliphatic heterocycles. The fourth-order valence-corrected chi connectivity index (χ4v) is 3.82. The van der Waals surface area contributed by atoms with Crippen molar-refractivity contribution in [1.29, 1.82) is 0 Å². The van der Waals surface area contributed by atoms with Gasteiger partial charge in [0.25, 0.3) is 0 Å². The number of likely N-dealkylation sites (N-methyl/N-ethyl adjacent to an activating group) is 2. The molecule has 23 heavy (non-hydrogen) atoms. The number of nitrogens with zero attached hydrogens (tertiary/aromatic N) is 2. The Balaban J connectivity index is 1.93. The Morgan fingerprint density at radius 2 is 1.87 bits per heavy atom. The van der Waals surface area contributed by atoms with Crippen LogP contribution >= 0.6 is 0 Å². The Morgan fingerprint density at radius 3 is 2.57 bits per heavy atom. The first-order valence-electron chi connectivity index (χ1n) is 8.35. The van der Waals surface area contributed by atoms with Crippen molar-refractivity contribution < 1.29 is 0 Å². The van der Waals surface area contributed by atoms with Crippen LogP contribution in [0.2, 0.25) is 0 Å². The molecule has 3 rings (SSSR count). The largest absolute Gasteiger partial charge is 0.329 e. The average Bonchev–Trinajstić information content (AvgIpc) is 2.55. The van der Waals surface area contributed by atoms with Gasteiger partial charge in [0.15, 0.2) is 0 Å². The van der Waals surface area contributed by atoms with Gasteiger partial charge in [-0.2, -0.15) is 0 Å². The lowest BCUT2D eigenvalue weighted by atomic mass is 9.86. The maximum absolute atomic E-state index is 6.07. The van der Waals surface area contributed by atoms with E-state index in [1.54, 1.807) is 0 Å². The van der Waals surface area contributed by atoms with Crippen LogP contribution in [0.25, 0.3) is 0 Å². The highest BCUT2D eigenvalue weighted by atomic mass is 15.2. The van der Waals surface area contributed by atoms with E-state index >= 15 is 0 Å². The summed E-state index contributed by atoms with van der Waals surface area (Å²) in [6.45, 7) is 4.85. The van der Waals surface area contributed by atoms with E-state index in [9.17, 15) is 0 Å². The van der Waals surface area contributed by atoms with Crippen LogP contribution in [0.3, 0.4) is 0 Å². The molecule has 3 heteroatoms. The average molecular weight is 309 g/mol. The molecule has 122 valence electrons. The summed E-state index contributed by atoms with van der Waals surface area (Å²) in [7, 11) is 4.41. The fourth-order valence-electron chi connectivity index (χ4n) is 3.82. The molecule has 2 aromatic carbocycles. The van der Waals surface area contributed by atoms with Gasteiger partial charge in [-0.1, -0.05) is 48.5 Å². The van der Waals surface area contributed by atoms with E-state index in [4.69, 9.17) is 5.73 Å². The van der Waals surface area contributed by atoms with Crippen LogP contribution in [0.1, 0.15) is 34.3 Å². The second kappa shape index (κ2) is 6.83. The van der Waals surface area contributed by atoms with Crippen LogP contribution in [0.5, 0.6) is 0 Å². The molecule has 0 aliphatic carbocycles. The molecule has 0 radical (unpaired) electrons. The van der Waals surface area contributed by atoms with Gasteiger partial charge in [-0.05, 0) is 43.3 Å². The Labute approximate surface area is 139 Å². The number of fused-ring (bicyclic) bond motifs is 1. The van der Waals surface area contributed by atoms with Gasteiger partial charge in [0.1, 0.15) is 0 Å². The summed E-state index contributed by atoms with van der Waals surface area (Å²) in [5.74, 6) is 0. The van der Waals surface area contributed by atoms with E-state index in [2.05, 4.69) is 79.3 Å². The van der Waals surface area contributed by atoms with E-state index in [1.165, 1.54) is 22.3 Å². The van der Waals surface area contributed by atoms with Crippen molar-refractivity contribution in [1.82, 2.24) is 9.80 Å². The smallest absolute Gasteiger partial charge is 0.0479 e. The molecule has 0 aromatic heterocycles. The van der Waals surface area contributed by atoms with Crippen molar-refractivity contribution in [3.05, 3.63) is 70.8 Å². The molecule has 2 atom stereocenters. The first-order chi connectivity index (χ1) is 11.1. The molecule has 2 aromatic rings. The van der Waals surface area contributed by atoms with Crippen molar-refractivity contribution in [3.8, 4) is 0 Å². The fraction of sp³-hybridized carbons (Fsp3) is 0.400. The van der Waals surface area contributed by atoms with E-state index in [0.717, 1.165) is 13.1 Å². The molecule has 2 N–H and O–H groups in total. The Hall–Kier alpha value is -1.68. The van der Waals surface area contributed by atoms with Crippen LogP contribution in [-0.2, 0) is 6.54 Å². The number of hydrogen-bond acceptors (Lipinski definition) is 3. The van der Waals surface area contributed by atoms with Gasteiger partial charge in [0.05, 0.1) is 0 Å². The third-order valence-corrected chi connectivity index (χ3v) is 5.07. The highest BCUT2D eigenvalue weighted by Gasteiger charge is 2.33. The summed E-state index contributed by atoms with van der Waals surface area (Å²) in [5.41, 5.74) is 11.6. The summed E-state index contributed by atoms with van der Waals surface area (Å²) in [5, 5.41) is 0. The lowest BCUT2D eigenvalue weighted by Gasteiger charge is -2.43. The van der Waals surface area contributed by atoms with Crippen molar-refractivity contribution in [2.75, 3.05) is 27.2 Å². The number of aryl methyl sites for hydroxylation is 1. The summed E-state index contributed by atoms with van der Waals surface area (Å²) >= 11 is 0. The Bertz CT molecular complexity index is 653. The summed E-state index contributed by atoms with van der Waals surface area (Å²) in [6, 6.07) is 18.1. The molecule has 2 unspecified atom stereocenters. The number of hydrogen-bond donors (Lipinski definition) is 1. The van der Waals surface area contributed by atoms with Crippen molar-refractivity contribution in [2.45, 2.75) is 25.6 Å². The zero-order valence-electron chi connectivity index (χ0n) is 14.4. The first-order valence-corrected chi connectivity index (χ1v) is 8.35. The zero-order chi connectivity index (χ0) is 16.4. The van der Waals surface area contributed by atoms with Crippen LogP contribution in [-0.4, -0.2) is 37.0 Å². The minimum absolute atomic E-state index is 0.326. The van der Waals surface area contributed by atoms with Gasteiger partial charge in [-0.25, -0.2) is 0 Å². The molecule has 1 aliphatic rings. The molecular weight excluding hydrogens is 282 g/mol. The predicted molar refractivity (Wildman–Crippen MR) is 96.3 cm³/mol. The van der Waals surface area contributed by atoms with Gasteiger partial charge < -0.3 is 5.73 Å². The molecular formula is C20H27N3. The summed E-state index contributed by atoms with van der Waals surface area (Å²) < 4.78 is 0. The molecule has 0 fully saturated rings. The Morgan fingerprint density at radius 1 is 1.13 bits per heavy atom. The van der Waals surface area contributed by atoms with Gasteiger partial charge in [-0.15, -0.1) is 0 Å². The standard InChI is InChI=1S/C20H27N3/c1-15-8-7-11-17-19(14-23(3)18(12-21)20(15)17)22(2)13-16-9-5-4-6-10-16/h4-11,18-19H,12-14,21H2,1-3H3. The van der Waals surface area contributed by atoms with Crippen LogP contribution < -0.4 is 5.73 Å². The molecule has 3 nitrogen and oxygen atoms in total. The monoisotopic (exact) mass is 309 g/mol. The molecule has 0 bridgehead atoms. The SMILES string of the molecule is Cc1cccc2c1C(CN)N(C)CC2N(C)Cc1ccccc1. The zero-order valence-corrected chi connectivity index (χ0v) is 14.4. The van der Waals surface area contributed by atoms with Crippen molar-refractivity contribution in [2.24, 2.45) is 5.73 Å². The van der Waals surface area contributed by atoms with Crippen LogP contribution in [0.15, 0.2) is 48.5 Å². The molecule has 0 saturated carbocycles. The minimum Gasteiger partial charge on any atom is -0.329 e.